The molecule has 1 rings (SSSR count). The number of benzene rings is 1. The number of hydrogen-bond donors (Lipinski definition) is 1. The normalized spacial score (nSPS) is 9.94. The molecule has 2 N–H and O–H groups in total. The minimum atomic E-state index is -0.289. The molecule has 0 saturated carbocycles. The SMILES string of the molecule is CCOC(=O)Cc1ccc(Br)c(N)c1OC. The highest BCUT2D eigenvalue weighted by molar-refractivity contribution is 9.10. The van der Waals surface area contributed by atoms with Crippen molar-refractivity contribution in [1.29, 1.82) is 0 Å². The first-order chi connectivity index (χ1) is 7.60. The van der Waals surface area contributed by atoms with Gasteiger partial charge in [-0.15, -0.1) is 0 Å². The maximum atomic E-state index is 11.3. The number of halogens is 1. The van der Waals surface area contributed by atoms with Crippen LogP contribution in [0.5, 0.6) is 5.75 Å². The lowest BCUT2D eigenvalue weighted by molar-refractivity contribution is -0.142. The molecule has 16 heavy (non-hydrogen) atoms. The highest BCUT2D eigenvalue weighted by Gasteiger charge is 2.13. The van der Waals surface area contributed by atoms with Crippen LogP contribution in [0.3, 0.4) is 0 Å². The Hall–Kier alpha value is -1.23. The van der Waals surface area contributed by atoms with Gasteiger partial charge in [-0.25, -0.2) is 0 Å². The van der Waals surface area contributed by atoms with Crippen molar-refractivity contribution < 1.29 is 14.3 Å². The number of carbonyl (C=O) groups is 1. The summed E-state index contributed by atoms with van der Waals surface area (Å²) < 4.78 is 10.8. The first-order valence-electron chi connectivity index (χ1n) is 4.86. The van der Waals surface area contributed by atoms with E-state index in [1.54, 1.807) is 19.1 Å². The van der Waals surface area contributed by atoms with Gasteiger partial charge in [-0.1, -0.05) is 6.07 Å². The lowest BCUT2D eigenvalue weighted by Crippen LogP contribution is -2.09. The van der Waals surface area contributed by atoms with Crippen LogP contribution in [-0.2, 0) is 16.0 Å². The Morgan fingerprint density at radius 1 is 1.50 bits per heavy atom. The van der Waals surface area contributed by atoms with Crippen LogP contribution in [0, 0.1) is 0 Å². The molecule has 4 nitrogen and oxygen atoms in total. The van der Waals surface area contributed by atoms with Gasteiger partial charge < -0.3 is 15.2 Å². The number of nitrogens with two attached hydrogens (primary N) is 1. The number of nitrogen functional groups attached to an aromatic ring is 1. The van der Waals surface area contributed by atoms with Crippen LogP contribution in [0.4, 0.5) is 5.69 Å². The molecule has 0 bridgehead atoms. The molecule has 0 spiro atoms. The summed E-state index contributed by atoms with van der Waals surface area (Å²) in [7, 11) is 1.52. The van der Waals surface area contributed by atoms with Crippen LogP contribution in [0.2, 0.25) is 0 Å². The van der Waals surface area contributed by atoms with E-state index in [4.69, 9.17) is 15.2 Å². The third kappa shape index (κ3) is 2.88. The van der Waals surface area contributed by atoms with Crippen molar-refractivity contribution in [3.8, 4) is 5.75 Å². The molecule has 88 valence electrons. The van der Waals surface area contributed by atoms with Crippen LogP contribution >= 0.6 is 15.9 Å². The number of hydrogen-bond acceptors (Lipinski definition) is 4. The summed E-state index contributed by atoms with van der Waals surface area (Å²) in [6.45, 7) is 2.14. The third-order valence-electron chi connectivity index (χ3n) is 2.07. The molecule has 5 heteroatoms. The van der Waals surface area contributed by atoms with Crippen LogP contribution in [0.25, 0.3) is 0 Å². The number of carbonyl (C=O) groups excluding carboxylic acids is 1. The lowest BCUT2D eigenvalue weighted by atomic mass is 10.1. The summed E-state index contributed by atoms with van der Waals surface area (Å²) in [6, 6.07) is 3.57. The average molecular weight is 288 g/mol. The van der Waals surface area contributed by atoms with Crippen molar-refractivity contribution in [2.24, 2.45) is 0 Å². The Balaban J connectivity index is 2.96. The molecule has 0 aliphatic rings. The van der Waals surface area contributed by atoms with E-state index in [1.165, 1.54) is 7.11 Å². The fourth-order valence-electron chi connectivity index (χ4n) is 1.37. The fraction of sp³-hybridized carbons (Fsp3) is 0.364. The molecule has 0 atom stereocenters. The molecule has 1 aromatic carbocycles. The molecule has 0 radical (unpaired) electrons. The number of anilines is 1. The topological polar surface area (TPSA) is 61.5 Å². The average Bonchev–Trinajstić information content (AvgIpc) is 2.24. The van der Waals surface area contributed by atoms with Gasteiger partial charge in [0.25, 0.3) is 0 Å². The van der Waals surface area contributed by atoms with Gasteiger partial charge in [0, 0.05) is 10.0 Å². The molecule has 0 aliphatic heterocycles. The van der Waals surface area contributed by atoms with Crippen molar-refractivity contribution in [3.63, 3.8) is 0 Å². The van der Waals surface area contributed by atoms with Gasteiger partial charge in [0.1, 0.15) is 5.75 Å². The maximum absolute atomic E-state index is 11.3. The Labute approximate surface area is 103 Å². The van der Waals surface area contributed by atoms with Crippen molar-refractivity contribution in [1.82, 2.24) is 0 Å². The molecule has 0 fully saturated rings. The van der Waals surface area contributed by atoms with Gasteiger partial charge in [0.2, 0.25) is 0 Å². The van der Waals surface area contributed by atoms with E-state index in [-0.39, 0.29) is 12.4 Å². The second-order valence-electron chi connectivity index (χ2n) is 3.14. The van der Waals surface area contributed by atoms with Gasteiger partial charge in [-0.2, -0.15) is 0 Å². The Morgan fingerprint density at radius 2 is 2.19 bits per heavy atom. The minimum Gasteiger partial charge on any atom is -0.494 e. The largest absolute Gasteiger partial charge is 0.494 e. The van der Waals surface area contributed by atoms with Crippen molar-refractivity contribution in [2.75, 3.05) is 19.5 Å². The van der Waals surface area contributed by atoms with E-state index in [9.17, 15) is 4.79 Å². The van der Waals surface area contributed by atoms with E-state index in [0.717, 1.165) is 10.0 Å². The van der Waals surface area contributed by atoms with Gasteiger partial charge in [-0.05, 0) is 28.9 Å². The molecule has 0 aromatic heterocycles. The minimum absolute atomic E-state index is 0.161. The molecule has 0 aliphatic carbocycles. The predicted octanol–water partition coefficient (Wildman–Crippen LogP) is 2.15. The summed E-state index contributed by atoms with van der Waals surface area (Å²) in [5, 5.41) is 0. The van der Waals surface area contributed by atoms with Crippen LogP contribution in [-0.4, -0.2) is 19.7 Å². The van der Waals surface area contributed by atoms with Crippen molar-refractivity contribution in [3.05, 3.63) is 22.2 Å². The molecule has 0 saturated heterocycles. The number of methoxy groups -OCH3 is 1. The fourth-order valence-corrected chi connectivity index (χ4v) is 1.68. The monoisotopic (exact) mass is 287 g/mol. The van der Waals surface area contributed by atoms with Crippen LogP contribution in [0.15, 0.2) is 16.6 Å². The van der Waals surface area contributed by atoms with E-state index < -0.39 is 0 Å². The standard InChI is InChI=1S/C11H14BrNO3/c1-3-16-9(14)6-7-4-5-8(12)10(13)11(7)15-2/h4-5H,3,6,13H2,1-2H3. The lowest BCUT2D eigenvalue weighted by Gasteiger charge is -2.11. The number of esters is 1. The predicted molar refractivity (Wildman–Crippen MR) is 65.4 cm³/mol. The zero-order valence-corrected chi connectivity index (χ0v) is 10.8. The summed E-state index contributed by atoms with van der Waals surface area (Å²) in [5.41, 5.74) is 7.03. The van der Waals surface area contributed by atoms with E-state index >= 15 is 0 Å². The highest BCUT2D eigenvalue weighted by atomic mass is 79.9. The Morgan fingerprint density at radius 3 is 2.75 bits per heavy atom. The first-order valence-corrected chi connectivity index (χ1v) is 5.65. The van der Waals surface area contributed by atoms with E-state index in [0.29, 0.717) is 18.0 Å². The van der Waals surface area contributed by atoms with Gasteiger partial charge in [0.15, 0.2) is 0 Å². The molecule has 0 heterocycles. The Bertz CT molecular complexity index is 393. The molecule has 0 unspecified atom stereocenters. The molecular weight excluding hydrogens is 274 g/mol. The maximum Gasteiger partial charge on any atom is 0.310 e. The van der Waals surface area contributed by atoms with E-state index in [1.807, 2.05) is 0 Å². The summed E-state index contributed by atoms with van der Waals surface area (Å²) in [6.07, 6.45) is 0.161. The zero-order chi connectivity index (χ0) is 12.1. The summed E-state index contributed by atoms with van der Waals surface area (Å²) in [4.78, 5) is 11.3. The van der Waals surface area contributed by atoms with Gasteiger partial charge in [-0.3, -0.25) is 4.79 Å². The van der Waals surface area contributed by atoms with Crippen molar-refractivity contribution in [2.45, 2.75) is 13.3 Å². The zero-order valence-electron chi connectivity index (χ0n) is 9.25. The quantitative estimate of drug-likeness (QED) is 0.681. The Kier molecular flexibility index (Phi) is 4.61. The van der Waals surface area contributed by atoms with E-state index in [2.05, 4.69) is 15.9 Å². The summed E-state index contributed by atoms with van der Waals surface area (Å²) in [5.74, 6) is 0.227. The second-order valence-corrected chi connectivity index (χ2v) is 3.99. The molecule has 1 aromatic rings. The van der Waals surface area contributed by atoms with Crippen molar-refractivity contribution >= 4 is 27.6 Å². The smallest absolute Gasteiger partial charge is 0.310 e. The third-order valence-corrected chi connectivity index (χ3v) is 2.76. The van der Waals surface area contributed by atoms with Crippen LogP contribution < -0.4 is 10.5 Å². The van der Waals surface area contributed by atoms with Gasteiger partial charge >= 0.3 is 5.97 Å². The van der Waals surface area contributed by atoms with Crippen LogP contribution in [0.1, 0.15) is 12.5 Å². The number of rotatable bonds is 4. The number of ether oxygens (including phenoxy) is 2. The van der Waals surface area contributed by atoms with Gasteiger partial charge in [0.05, 0.1) is 25.8 Å². The molecule has 0 amide bonds. The first kappa shape index (κ1) is 12.8. The second kappa shape index (κ2) is 5.75. The molecular formula is C11H14BrNO3. The summed E-state index contributed by atoms with van der Waals surface area (Å²) >= 11 is 3.30. The highest BCUT2D eigenvalue weighted by Crippen LogP contribution is 2.33.